The van der Waals surface area contributed by atoms with Gasteiger partial charge in [0.25, 0.3) is 0 Å². The smallest absolute Gasteiger partial charge is 0.306 e. The summed E-state index contributed by atoms with van der Waals surface area (Å²) in [6.07, 6.45) is 23.4. The molecule has 0 aromatic rings. The highest BCUT2D eigenvalue weighted by Crippen LogP contribution is 2.64. The van der Waals surface area contributed by atoms with Gasteiger partial charge in [0.1, 0.15) is 6.10 Å². The van der Waals surface area contributed by atoms with E-state index in [1.165, 1.54) is 50.5 Å². The minimum absolute atomic E-state index is 0.0187. The maximum absolute atomic E-state index is 12.7. The molecule has 3 heteroatoms. The Morgan fingerprint density at radius 3 is 2.61 bits per heavy atom. The molecule has 6 atom stereocenters. The number of carbonyl (C=O) groups excluding carboxylic acids is 2. The first kappa shape index (κ1) is 24.5. The molecule has 0 aromatic heterocycles. The quantitative estimate of drug-likeness (QED) is 0.196. The van der Waals surface area contributed by atoms with E-state index in [0.29, 0.717) is 24.2 Å². The summed E-state index contributed by atoms with van der Waals surface area (Å²) in [4.78, 5) is 24.6. The van der Waals surface area contributed by atoms with Crippen LogP contribution in [0.3, 0.4) is 0 Å². The molecular weight excluding hydrogens is 408 g/mol. The zero-order valence-electron chi connectivity index (χ0n) is 21.0. The van der Waals surface area contributed by atoms with Crippen molar-refractivity contribution < 1.29 is 14.3 Å². The van der Waals surface area contributed by atoms with E-state index in [9.17, 15) is 9.59 Å². The number of ether oxygens (including phenoxy) is 1. The lowest BCUT2D eigenvalue weighted by Gasteiger charge is -2.56. The van der Waals surface area contributed by atoms with Gasteiger partial charge >= 0.3 is 5.97 Å². The number of hydrogen-bond donors (Lipinski definition) is 0. The monoisotopic (exact) mass is 452 g/mol. The Bertz CT molecular complexity index is 807. The van der Waals surface area contributed by atoms with Crippen LogP contribution in [0.15, 0.2) is 36.5 Å². The fourth-order valence-electron chi connectivity index (χ4n) is 7.83. The standard InChI is InChI=1S/C30H44O3/c1-4-5-6-7-8-9-10-11-12-28(32)33-27-16-15-25-24-14-13-22-21-23(31)17-19-29(22,2)26(24)18-20-30(25,27)3/h4,17,19,21,24-27H,1,5-16,18,20H2,2-3H3. The van der Waals surface area contributed by atoms with Gasteiger partial charge in [-0.2, -0.15) is 0 Å². The van der Waals surface area contributed by atoms with Crippen LogP contribution in [0.1, 0.15) is 104 Å². The molecule has 182 valence electrons. The molecule has 0 radical (unpaired) electrons. The molecule has 0 amide bonds. The molecule has 0 aromatic carbocycles. The van der Waals surface area contributed by atoms with Gasteiger partial charge in [0.2, 0.25) is 0 Å². The van der Waals surface area contributed by atoms with Crippen LogP contribution in [0, 0.1) is 28.6 Å². The van der Waals surface area contributed by atoms with Gasteiger partial charge in [-0.1, -0.05) is 57.3 Å². The molecule has 3 fully saturated rings. The van der Waals surface area contributed by atoms with Gasteiger partial charge in [-0.3, -0.25) is 9.59 Å². The van der Waals surface area contributed by atoms with Crippen LogP contribution in [-0.2, 0) is 14.3 Å². The summed E-state index contributed by atoms with van der Waals surface area (Å²) < 4.78 is 6.15. The maximum Gasteiger partial charge on any atom is 0.306 e. The molecule has 0 aliphatic heterocycles. The SMILES string of the molecule is C=CCCCCCCCCC(=O)OC1CCC2C3CCC4=CC(=O)C=CC4(C)C3CCC12C. The summed E-state index contributed by atoms with van der Waals surface area (Å²) in [7, 11) is 0. The minimum Gasteiger partial charge on any atom is -0.462 e. The lowest BCUT2D eigenvalue weighted by atomic mass is 9.48. The normalized spacial score (nSPS) is 37.0. The topological polar surface area (TPSA) is 43.4 Å². The zero-order chi connectivity index (χ0) is 23.5. The Kier molecular flexibility index (Phi) is 7.66. The average molecular weight is 453 g/mol. The summed E-state index contributed by atoms with van der Waals surface area (Å²) in [5.74, 6) is 2.09. The van der Waals surface area contributed by atoms with Crippen LogP contribution in [-0.4, -0.2) is 17.9 Å². The molecule has 4 rings (SSSR count). The van der Waals surface area contributed by atoms with Crippen LogP contribution in [0.5, 0.6) is 0 Å². The summed E-state index contributed by atoms with van der Waals surface area (Å²) in [5.41, 5.74) is 1.51. The Balaban J connectivity index is 1.28. The molecule has 0 spiro atoms. The second kappa shape index (κ2) is 10.3. The molecule has 4 aliphatic carbocycles. The minimum atomic E-state index is 0.0187. The van der Waals surface area contributed by atoms with E-state index in [-0.39, 0.29) is 28.7 Å². The third kappa shape index (κ3) is 4.93. The summed E-state index contributed by atoms with van der Waals surface area (Å²) in [6, 6.07) is 0. The van der Waals surface area contributed by atoms with Gasteiger partial charge in [-0.25, -0.2) is 0 Å². The van der Waals surface area contributed by atoms with E-state index < -0.39 is 0 Å². The molecule has 3 nitrogen and oxygen atoms in total. The number of ketones is 1. The Labute approximate surface area is 201 Å². The molecule has 33 heavy (non-hydrogen) atoms. The summed E-state index contributed by atoms with van der Waals surface area (Å²) >= 11 is 0. The van der Waals surface area contributed by atoms with E-state index >= 15 is 0 Å². The Morgan fingerprint density at radius 2 is 1.82 bits per heavy atom. The third-order valence-corrected chi connectivity index (χ3v) is 9.78. The highest BCUT2D eigenvalue weighted by molar-refractivity contribution is 6.01. The molecule has 0 saturated heterocycles. The van der Waals surface area contributed by atoms with E-state index in [0.717, 1.165) is 38.5 Å². The second-order valence-electron chi connectivity index (χ2n) is 11.7. The van der Waals surface area contributed by atoms with Gasteiger partial charge in [0.15, 0.2) is 5.78 Å². The van der Waals surface area contributed by atoms with E-state index in [4.69, 9.17) is 4.74 Å². The molecular formula is C30H44O3. The number of carbonyl (C=O) groups is 2. The summed E-state index contributed by atoms with van der Waals surface area (Å²) in [5, 5.41) is 0. The van der Waals surface area contributed by atoms with Gasteiger partial charge in [0, 0.05) is 17.3 Å². The number of esters is 1. The number of rotatable bonds is 10. The van der Waals surface area contributed by atoms with Gasteiger partial charge in [-0.05, 0) is 87.7 Å². The van der Waals surface area contributed by atoms with Crippen LogP contribution in [0.2, 0.25) is 0 Å². The van der Waals surface area contributed by atoms with E-state index in [1.807, 2.05) is 12.2 Å². The number of fused-ring (bicyclic) bond motifs is 5. The fraction of sp³-hybridized carbons (Fsp3) is 0.733. The first-order valence-corrected chi connectivity index (χ1v) is 13.6. The van der Waals surface area contributed by atoms with E-state index in [2.05, 4.69) is 26.5 Å². The molecule has 6 unspecified atom stereocenters. The van der Waals surface area contributed by atoms with Crippen molar-refractivity contribution in [3.05, 3.63) is 36.5 Å². The van der Waals surface area contributed by atoms with Crippen molar-refractivity contribution in [2.24, 2.45) is 28.6 Å². The van der Waals surface area contributed by atoms with Crippen LogP contribution in [0.4, 0.5) is 0 Å². The largest absolute Gasteiger partial charge is 0.462 e. The van der Waals surface area contributed by atoms with Crippen LogP contribution < -0.4 is 0 Å². The Hall–Kier alpha value is -1.64. The van der Waals surface area contributed by atoms with Crippen molar-refractivity contribution in [3.63, 3.8) is 0 Å². The van der Waals surface area contributed by atoms with Crippen molar-refractivity contribution in [1.29, 1.82) is 0 Å². The van der Waals surface area contributed by atoms with Crippen molar-refractivity contribution in [2.45, 2.75) is 110 Å². The first-order chi connectivity index (χ1) is 15.9. The maximum atomic E-state index is 12.7. The van der Waals surface area contributed by atoms with Crippen molar-refractivity contribution >= 4 is 11.8 Å². The highest BCUT2D eigenvalue weighted by Gasteiger charge is 2.59. The summed E-state index contributed by atoms with van der Waals surface area (Å²) in [6.45, 7) is 8.53. The van der Waals surface area contributed by atoms with Gasteiger partial charge in [0.05, 0.1) is 0 Å². The fourth-order valence-corrected chi connectivity index (χ4v) is 7.83. The second-order valence-corrected chi connectivity index (χ2v) is 11.7. The van der Waals surface area contributed by atoms with Gasteiger partial charge in [-0.15, -0.1) is 6.58 Å². The van der Waals surface area contributed by atoms with Gasteiger partial charge < -0.3 is 4.74 Å². The number of allylic oxidation sites excluding steroid dienone is 5. The zero-order valence-corrected chi connectivity index (χ0v) is 21.0. The lowest BCUT2D eigenvalue weighted by Crippen LogP contribution is -2.51. The number of hydrogen-bond acceptors (Lipinski definition) is 3. The predicted octanol–water partition coefficient (Wildman–Crippen LogP) is 7.51. The lowest BCUT2D eigenvalue weighted by molar-refractivity contribution is -0.159. The average Bonchev–Trinajstić information content (AvgIpc) is 3.12. The molecule has 3 saturated carbocycles. The van der Waals surface area contributed by atoms with Crippen LogP contribution >= 0.6 is 0 Å². The highest BCUT2D eigenvalue weighted by atomic mass is 16.5. The van der Waals surface area contributed by atoms with E-state index in [1.54, 1.807) is 6.08 Å². The molecule has 0 bridgehead atoms. The molecule has 4 aliphatic rings. The number of unbranched alkanes of at least 4 members (excludes halogenated alkanes) is 6. The van der Waals surface area contributed by atoms with Crippen molar-refractivity contribution in [2.75, 3.05) is 0 Å². The molecule has 0 heterocycles. The van der Waals surface area contributed by atoms with Crippen LogP contribution in [0.25, 0.3) is 0 Å². The predicted molar refractivity (Wildman–Crippen MR) is 134 cm³/mol. The Morgan fingerprint density at radius 1 is 1.06 bits per heavy atom. The van der Waals surface area contributed by atoms with Crippen molar-refractivity contribution in [1.82, 2.24) is 0 Å². The third-order valence-electron chi connectivity index (χ3n) is 9.78. The first-order valence-electron chi connectivity index (χ1n) is 13.6. The molecule has 0 N–H and O–H groups in total. The van der Waals surface area contributed by atoms with Crippen molar-refractivity contribution in [3.8, 4) is 0 Å².